The molecule has 0 aliphatic carbocycles. The third kappa shape index (κ3) is 26.1. The number of carbonyl (C=O) groups excluding carboxylic acids is 3. The second kappa shape index (κ2) is 41.3. The van der Waals surface area contributed by atoms with Crippen LogP contribution in [0.25, 0.3) is 22.3 Å². The van der Waals surface area contributed by atoms with Crippen LogP contribution in [0.4, 0.5) is 61.5 Å². The number of nitrogens with two attached hydrogens (primary N) is 1. The number of nitrogens with one attached hydrogen (secondary N) is 1. The van der Waals surface area contributed by atoms with Crippen molar-refractivity contribution in [2.24, 2.45) is 29.4 Å². The number of halogens is 14. The quantitative estimate of drug-likeness (QED) is 0.0294. The molecule has 4 atom stereocenters. The van der Waals surface area contributed by atoms with Gasteiger partial charge in [-0.1, -0.05) is 64.1 Å². The topological polar surface area (TPSA) is 214 Å². The summed E-state index contributed by atoms with van der Waals surface area (Å²) in [5, 5.41) is 11.9. The number of aromatic nitrogens is 2. The number of benzene rings is 4. The van der Waals surface area contributed by atoms with Gasteiger partial charge in [-0.05, 0) is 159 Å². The van der Waals surface area contributed by atoms with E-state index in [1.807, 2.05) is 9.80 Å². The lowest BCUT2D eigenvalue weighted by molar-refractivity contribution is -0.145. The fraction of sp³-hybridized carbons (Fsp3) is 0.513. The molecule has 0 saturated carbocycles. The van der Waals surface area contributed by atoms with Gasteiger partial charge in [0.05, 0.1) is 67.6 Å². The van der Waals surface area contributed by atoms with Gasteiger partial charge in [0.25, 0.3) is 11.1 Å². The van der Waals surface area contributed by atoms with E-state index in [-0.39, 0.29) is 118 Å². The normalized spacial score (nSPS) is 14.8. The standard InChI is InChI=1S/C39H46F7N3O5.C20H21F4NO2.C19H27F3N2O4.2H2S/c1-7-54-34(51)17-31(28-14-27(15-30(36(28)40)39(44,45)46)35-23(4)9-8-10-24(35)5)47-37(52)32(13-22(2)3)49-20-26(29(16-33(49)50)38(41,42)43)11-12-48-18-25(19-48)21-53-6;1-4-27-17(26)10-16(25)14-8-13(9-15(19(14)21)20(22,23)24)18-11(2)6-5-7-12(18)3;1-12(2)6-16(18(26)27)24-10-14(15(7-17(24)25)19(20,21)22)4-5-23-8-13(9-23)11-28-3;;/h8-10,14-16,20,22,25,31-32H,7,11-13,17-19,21H2,1-6H3,(H,47,52);5-9,16H,4,10,25H2,1-3H3;7,10,12-13,16H,4-6,8-9,11H2,1-3H3,(H,26,27);2*1H2/t31-,32?;16-;;;/m00.../s1. The number of hydrogen-bond acceptors (Lipinski definition) is 13. The Morgan fingerprint density at radius 3 is 1.24 bits per heavy atom. The highest BCUT2D eigenvalue weighted by Gasteiger charge is 2.42. The molecule has 2 fully saturated rings. The molecule has 1 amide bonds. The first-order valence-corrected chi connectivity index (χ1v) is 35.4. The molecule has 2 unspecified atom stereocenters. The maximum Gasteiger partial charge on any atom is 0.419 e. The number of likely N-dealkylation sites (tertiary alicyclic amines) is 2. The van der Waals surface area contributed by atoms with Gasteiger partial charge in [-0.25, -0.2) is 13.6 Å². The molecule has 2 aliphatic heterocycles. The minimum atomic E-state index is -5.17. The zero-order valence-electron chi connectivity index (χ0n) is 63.7. The number of alkyl halides is 12. The molecule has 0 bridgehead atoms. The van der Waals surface area contributed by atoms with E-state index in [1.165, 1.54) is 13.0 Å². The van der Waals surface area contributed by atoms with Crippen molar-refractivity contribution in [2.45, 2.75) is 157 Å². The molecule has 2 aliphatic rings. The Morgan fingerprint density at radius 2 is 0.892 bits per heavy atom. The summed E-state index contributed by atoms with van der Waals surface area (Å²) in [7, 11) is 3.17. The zero-order valence-corrected chi connectivity index (χ0v) is 65.7. The van der Waals surface area contributed by atoms with Crippen LogP contribution in [0.15, 0.2) is 94.8 Å². The lowest BCUT2D eigenvalue weighted by Gasteiger charge is -2.39. The maximum atomic E-state index is 16.1. The first kappa shape index (κ1) is 95.6. The van der Waals surface area contributed by atoms with Gasteiger partial charge in [-0.15, -0.1) is 0 Å². The van der Waals surface area contributed by atoms with Crippen molar-refractivity contribution in [3.8, 4) is 22.3 Å². The number of pyridine rings is 2. The highest BCUT2D eigenvalue weighted by Crippen LogP contribution is 2.43. The highest BCUT2D eigenvalue weighted by molar-refractivity contribution is 7.59. The Balaban J connectivity index is 0.000000384. The van der Waals surface area contributed by atoms with Crippen molar-refractivity contribution in [2.75, 3.05) is 79.9 Å². The number of hydrogen-bond donors (Lipinski definition) is 3. The van der Waals surface area contributed by atoms with E-state index in [1.54, 1.807) is 113 Å². The summed E-state index contributed by atoms with van der Waals surface area (Å²) in [6, 6.07) is 9.52. The Kier molecular flexibility index (Phi) is 35.5. The van der Waals surface area contributed by atoms with Crippen LogP contribution in [0.3, 0.4) is 0 Å². The van der Waals surface area contributed by atoms with Crippen molar-refractivity contribution in [3.63, 3.8) is 0 Å². The molecule has 0 spiro atoms. The van der Waals surface area contributed by atoms with Crippen LogP contribution in [0.2, 0.25) is 0 Å². The van der Waals surface area contributed by atoms with Crippen LogP contribution >= 0.6 is 27.0 Å². The number of amides is 1. The van der Waals surface area contributed by atoms with Crippen molar-refractivity contribution >= 4 is 50.8 Å². The van der Waals surface area contributed by atoms with Crippen LogP contribution in [0.5, 0.6) is 0 Å². The molecule has 0 radical (unpaired) electrons. The Bertz CT molecular complexity index is 4230. The van der Waals surface area contributed by atoms with Crippen molar-refractivity contribution in [1.29, 1.82) is 0 Å². The van der Waals surface area contributed by atoms with Gasteiger partial charge < -0.3 is 54.0 Å². The SMILES string of the molecule is CCOC(=O)C[C@H](N)c1cc(-c2c(C)cccc2C)cc(C(F)(F)F)c1F.CCOC(=O)C[C@H](NC(=O)C(CC(C)C)n1cc(CCN2CC(COC)C2)c(C(F)(F)F)cc1=O)c1cc(-c2c(C)cccc2C)cc(C(F)(F)F)c1F.COCC1CN(CCc2cn(C(CC(C)C)C(=O)O)c(=O)cc2C(F)(F)F)C1.S.S. The molecule has 2 aromatic heterocycles. The Hall–Kier alpha value is -7.82. The summed E-state index contributed by atoms with van der Waals surface area (Å²) < 4.78 is 219. The molecule has 4 aromatic carbocycles. The molecule has 4 N–H and O–H groups in total. The third-order valence-electron chi connectivity index (χ3n) is 18.7. The van der Waals surface area contributed by atoms with E-state index in [4.69, 9.17) is 24.7 Å². The summed E-state index contributed by atoms with van der Waals surface area (Å²) in [6.45, 7) is 21.4. The zero-order chi connectivity index (χ0) is 81.5. The fourth-order valence-corrected chi connectivity index (χ4v) is 13.6. The fourth-order valence-electron chi connectivity index (χ4n) is 13.6. The number of aliphatic carboxylic acids is 1. The molecule has 2 saturated heterocycles. The minimum absolute atomic E-state index is 0. The summed E-state index contributed by atoms with van der Waals surface area (Å²) in [5.74, 6) is -6.81. The van der Waals surface area contributed by atoms with E-state index >= 15 is 4.39 Å². The van der Waals surface area contributed by atoms with Gasteiger partial charge in [-0.3, -0.25) is 24.0 Å². The molecule has 6 aromatic rings. The van der Waals surface area contributed by atoms with E-state index < -0.39 is 136 Å². The Morgan fingerprint density at radius 1 is 0.541 bits per heavy atom. The number of carboxylic acid groups (broad SMARTS) is 1. The average molecular weight is 1630 g/mol. The summed E-state index contributed by atoms with van der Waals surface area (Å²) in [6.07, 6.45) is -18.7. The number of ether oxygens (including phenoxy) is 4. The first-order chi connectivity index (χ1) is 50.8. The number of carbonyl (C=O) groups is 4. The largest absolute Gasteiger partial charge is 0.480 e. The summed E-state index contributed by atoms with van der Waals surface area (Å²) in [5.41, 5.74) is 1.11. The molecule has 4 heterocycles. The number of aryl methyl sites for hydroxylation is 4. The van der Waals surface area contributed by atoms with Gasteiger partial charge in [0.1, 0.15) is 23.7 Å². The predicted octanol–water partition coefficient (Wildman–Crippen LogP) is 15.8. The lowest BCUT2D eigenvalue weighted by atomic mass is 9.90. The molecule has 616 valence electrons. The van der Waals surface area contributed by atoms with E-state index in [0.29, 0.717) is 79.2 Å². The maximum absolute atomic E-state index is 16.1. The number of carboxylic acids is 1. The second-order valence-electron chi connectivity index (χ2n) is 28.3. The number of nitrogens with zero attached hydrogens (tertiary/aromatic N) is 4. The van der Waals surface area contributed by atoms with Gasteiger partial charge in [-0.2, -0.15) is 79.7 Å². The minimum Gasteiger partial charge on any atom is -0.480 e. The molecule has 111 heavy (non-hydrogen) atoms. The van der Waals surface area contributed by atoms with E-state index in [9.17, 15) is 90.9 Å². The molecule has 8 rings (SSSR count). The van der Waals surface area contributed by atoms with E-state index in [0.717, 1.165) is 57.9 Å². The number of esters is 2. The predicted molar refractivity (Wildman–Crippen MR) is 401 cm³/mol. The van der Waals surface area contributed by atoms with Crippen molar-refractivity contribution in [3.05, 3.63) is 184 Å². The van der Waals surface area contributed by atoms with Gasteiger partial charge >= 0.3 is 42.6 Å². The average Bonchev–Trinajstić information content (AvgIpc) is 0.792. The molecule has 33 heteroatoms. The molecular weight excluding hydrogens is 1530 g/mol. The first-order valence-electron chi connectivity index (χ1n) is 35.4. The van der Waals surface area contributed by atoms with Crippen LogP contribution in [0, 0.1) is 63.0 Å². The van der Waals surface area contributed by atoms with Crippen LogP contribution < -0.4 is 22.2 Å². The molecular formula is C78H98F14N6O11S2. The number of methoxy groups -OCH3 is 2. The second-order valence-corrected chi connectivity index (χ2v) is 28.3. The summed E-state index contributed by atoms with van der Waals surface area (Å²) >= 11 is 0. The smallest absolute Gasteiger partial charge is 0.419 e. The van der Waals surface area contributed by atoms with Gasteiger partial charge in [0.15, 0.2) is 0 Å². The van der Waals surface area contributed by atoms with Gasteiger partial charge in [0.2, 0.25) is 5.91 Å². The lowest BCUT2D eigenvalue weighted by Crippen LogP contribution is -2.49. The van der Waals surface area contributed by atoms with E-state index in [2.05, 4.69) is 5.32 Å². The summed E-state index contributed by atoms with van der Waals surface area (Å²) in [4.78, 5) is 79.9. The monoisotopic (exact) mass is 1620 g/mol. The van der Waals surface area contributed by atoms with Crippen LogP contribution in [-0.4, -0.2) is 128 Å². The number of rotatable bonds is 29. The third-order valence-corrected chi connectivity index (χ3v) is 18.7. The van der Waals surface area contributed by atoms with Crippen LogP contribution in [-0.2, 0) is 75.7 Å². The highest BCUT2D eigenvalue weighted by atomic mass is 32.1. The Labute approximate surface area is 649 Å². The molecule has 17 nitrogen and oxygen atoms in total. The van der Waals surface area contributed by atoms with Gasteiger partial charge in [0, 0.05) is 107 Å². The van der Waals surface area contributed by atoms with Crippen molar-refractivity contribution < 1.29 is 105 Å². The van der Waals surface area contributed by atoms with Crippen LogP contribution in [0.1, 0.15) is 158 Å². The van der Waals surface area contributed by atoms with Crippen molar-refractivity contribution in [1.82, 2.24) is 24.3 Å².